The lowest BCUT2D eigenvalue weighted by atomic mass is 10.1. The number of sulfone groups is 1. The topological polar surface area (TPSA) is 139 Å². The van der Waals surface area contributed by atoms with E-state index in [1.807, 2.05) is 0 Å². The molecule has 0 spiro atoms. The first-order valence-electron chi connectivity index (χ1n) is 10.3. The Balaban J connectivity index is 1.67. The number of methoxy groups -OCH3 is 1. The zero-order valence-electron chi connectivity index (χ0n) is 18.7. The zero-order valence-corrected chi connectivity index (χ0v) is 20.2. The Bertz CT molecular complexity index is 1360. The smallest absolute Gasteiger partial charge is 0.213 e. The molecule has 13 heteroatoms. The maximum atomic E-state index is 13.4. The summed E-state index contributed by atoms with van der Waals surface area (Å²) in [5.41, 5.74) is 1.06. The molecule has 0 aliphatic carbocycles. The highest BCUT2D eigenvalue weighted by Crippen LogP contribution is 2.26. The van der Waals surface area contributed by atoms with Gasteiger partial charge in [0.1, 0.15) is 35.1 Å². The molecule has 34 heavy (non-hydrogen) atoms. The predicted molar refractivity (Wildman–Crippen MR) is 123 cm³/mol. The van der Waals surface area contributed by atoms with Crippen LogP contribution in [0.3, 0.4) is 0 Å². The van der Waals surface area contributed by atoms with Crippen molar-refractivity contribution in [1.29, 1.82) is 0 Å². The Kier molecular flexibility index (Phi) is 6.89. The lowest BCUT2D eigenvalue weighted by Crippen LogP contribution is -2.27. The number of aromatic nitrogens is 7. The second-order valence-corrected chi connectivity index (χ2v) is 10.4. The molecule has 0 radical (unpaired) electrons. The Hall–Kier alpha value is -3.38. The molecule has 2 atom stereocenters. The van der Waals surface area contributed by atoms with Crippen LogP contribution in [0.15, 0.2) is 47.4 Å². The van der Waals surface area contributed by atoms with Gasteiger partial charge in [-0.3, -0.25) is 0 Å². The minimum Gasteiger partial charge on any atom is -0.481 e. The summed E-state index contributed by atoms with van der Waals surface area (Å²) in [7, 11) is -2.17. The van der Waals surface area contributed by atoms with Crippen LogP contribution in [0.5, 0.6) is 5.88 Å². The molecule has 0 saturated carbocycles. The minimum atomic E-state index is -3.68. The predicted octanol–water partition coefficient (Wildman–Crippen LogP) is 2.94. The van der Waals surface area contributed by atoms with Crippen LogP contribution in [0.2, 0.25) is 5.02 Å². The molecule has 0 saturated heterocycles. The number of rotatable bonds is 9. The van der Waals surface area contributed by atoms with Gasteiger partial charge in [-0.15, -0.1) is 10.2 Å². The number of halogens is 1. The standard InChI is InChI=1S/C21H22ClN7O4S/c1-13(20-23-9-15(22)10-24-20)14(2)34(30,31)12-18-26-27-21(17-5-4-6-19(25-17)32-3)29(18)11-16-7-8-33-28-16/h4-10,13-14H,11-12H2,1-3H3/t13-,14-/m0/s1. The number of hydrogen-bond acceptors (Lipinski definition) is 10. The van der Waals surface area contributed by atoms with Crippen molar-refractivity contribution in [3.63, 3.8) is 0 Å². The largest absolute Gasteiger partial charge is 0.481 e. The average Bonchev–Trinajstić information content (AvgIpc) is 3.49. The third-order valence-corrected chi connectivity index (χ3v) is 7.85. The van der Waals surface area contributed by atoms with Crippen LogP contribution in [0.25, 0.3) is 11.5 Å². The molecule has 0 aromatic carbocycles. The van der Waals surface area contributed by atoms with E-state index in [1.165, 1.54) is 25.8 Å². The second-order valence-electron chi connectivity index (χ2n) is 7.64. The van der Waals surface area contributed by atoms with Gasteiger partial charge < -0.3 is 13.8 Å². The highest BCUT2D eigenvalue weighted by molar-refractivity contribution is 7.91. The van der Waals surface area contributed by atoms with Crippen LogP contribution < -0.4 is 4.74 Å². The fourth-order valence-electron chi connectivity index (χ4n) is 3.32. The highest BCUT2D eigenvalue weighted by atomic mass is 35.5. The van der Waals surface area contributed by atoms with Crippen molar-refractivity contribution in [1.82, 2.24) is 34.9 Å². The summed E-state index contributed by atoms with van der Waals surface area (Å²) >= 11 is 5.85. The van der Waals surface area contributed by atoms with E-state index < -0.39 is 21.0 Å². The Morgan fingerprint density at radius 3 is 2.59 bits per heavy atom. The van der Waals surface area contributed by atoms with Crippen molar-refractivity contribution in [3.05, 3.63) is 65.3 Å². The van der Waals surface area contributed by atoms with Crippen LogP contribution in [-0.2, 0) is 22.1 Å². The average molecular weight is 504 g/mol. The summed E-state index contributed by atoms with van der Waals surface area (Å²) < 4.78 is 38.5. The van der Waals surface area contributed by atoms with Gasteiger partial charge in [-0.2, -0.15) is 0 Å². The van der Waals surface area contributed by atoms with Crippen molar-refractivity contribution >= 4 is 21.4 Å². The molecule has 4 aromatic heterocycles. The first kappa shape index (κ1) is 23.8. The fraction of sp³-hybridized carbons (Fsp3) is 0.333. The van der Waals surface area contributed by atoms with E-state index in [4.69, 9.17) is 20.9 Å². The van der Waals surface area contributed by atoms with Gasteiger partial charge in [0.25, 0.3) is 0 Å². The first-order valence-corrected chi connectivity index (χ1v) is 12.4. The van der Waals surface area contributed by atoms with Gasteiger partial charge in [0, 0.05) is 30.4 Å². The lowest BCUT2D eigenvalue weighted by Gasteiger charge is -2.19. The fourth-order valence-corrected chi connectivity index (χ4v) is 5.00. The zero-order chi connectivity index (χ0) is 24.3. The molecule has 0 amide bonds. The van der Waals surface area contributed by atoms with Crippen LogP contribution in [0.4, 0.5) is 0 Å². The molecule has 11 nitrogen and oxygen atoms in total. The maximum Gasteiger partial charge on any atom is 0.213 e. The molecule has 178 valence electrons. The van der Waals surface area contributed by atoms with E-state index in [-0.39, 0.29) is 18.1 Å². The van der Waals surface area contributed by atoms with Gasteiger partial charge in [-0.1, -0.05) is 29.7 Å². The molecule has 0 N–H and O–H groups in total. The van der Waals surface area contributed by atoms with E-state index in [9.17, 15) is 8.42 Å². The number of ether oxygens (including phenoxy) is 1. The Labute approximate surface area is 201 Å². The SMILES string of the molecule is COc1cccc(-c2nnc(CS(=O)(=O)[C@@H](C)[C@H](C)c3ncc(Cl)cn3)n2Cc2ccon2)n1. The quantitative estimate of drug-likeness (QED) is 0.335. The summed E-state index contributed by atoms with van der Waals surface area (Å²) in [6.45, 7) is 3.59. The van der Waals surface area contributed by atoms with Gasteiger partial charge >= 0.3 is 0 Å². The van der Waals surface area contributed by atoms with Gasteiger partial charge in [0.2, 0.25) is 5.88 Å². The van der Waals surface area contributed by atoms with Crippen LogP contribution in [0, 0.1) is 0 Å². The Morgan fingerprint density at radius 1 is 1.15 bits per heavy atom. The summed E-state index contributed by atoms with van der Waals surface area (Å²) in [4.78, 5) is 12.7. The van der Waals surface area contributed by atoms with E-state index in [2.05, 4.69) is 30.3 Å². The lowest BCUT2D eigenvalue weighted by molar-refractivity contribution is 0.398. The minimum absolute atomic E-state index is 0.201. The van der Waals surface area contributed by atoms with Gasteiger partial charge in [0.15, 0.2) is 15.7 Å². The van der Waals surface area contributed by atoms with E-state index in [0.717, 1.165) is 0 Å². The number of nitrogens with zero attached hydrogens (tertiary/aromatic N) is 7. The molecule has 4 aromatic rings. The molecular weight excluding hydrogens is 482 g/mol. The van der Waals surface area contributed by atoms with Crippen molar-refractivity contribution in [3.8, 4) is 17.4 Å². The van der Waals surface area contributed by atoms with E-state index >= 15 is 0 Å². The van der Waals surface area contributed by atoms with Crippen LogP contribution in [-0.4, -0.2) is 55.7 Å². The second kappa shape index (κ2) is 9.85. The summed E-state index contributed by atoms with van der Waals surface area (Å²) in [5, 5.41) is 11.9. The van der Waals surface area contributed by atoms with E-state index in [1.54, 1.807) is 42.7 Å². The normalized spacial score (nSPS) is 13.5. The van der Waals surface area contributed by atoms with Gasteiger partial charge in [-0.25, -0.2) is 23.4 Å². The third-order valence-electron chi connectivity index (χ3n) is 5.45. The van der Waals surface area contributed by atoms with E-state index in [0.29, 0.717) is 33.9 Å². The Morgan fingerprint density at radius 2 is 1.91 bits per heavy atom. The molecule has 0 bridgehead atoms. The van der Waals surface area contributed by atoms with Gasteiger partial charge in [-0.05, 0) is 13.0 Å². The molecule has 0 aliphatic rings. The van der Waals surface area contributed by atoms with Crippen molar-refractivity contribution in [2.75, 3.05) is 7.11 Å². The summed E-state index contributed by atoms with van der Waals surface area (Å²) in [6, 6.07) is 6.90. The van der Waals surface area contributed by atoms with Gasteiger partial charge in [0.05, 0.1) is 23.9 Å². The maximum absolute atomic E-state index is 13.4. The van der Waals surface area contributed by atoms with Crippen molar-refractivity contribution in [2.24, 2.45) is 0 Å². The number of pyridine rings is 1. The van der Waals surface area contributed by atoms with Crippen LogP contribution in [0.1, 0.15) is 37.1 Å². The van der Waals surface area contributed by atoms with Crippen molar-refractivity contribution in [2.45, 2.75) is 37.3 Å². The molecule has 4 heterocycles. The summed E-state index contributed by atoms with van der Waals surface area (Å²) in [6.07, 6.45) is 4.33. The molecular formula is C21H22ClN7O4S. The van der Waals surface area contributed by atoms with Crippen molar-refractivity contribution < 1.29 is 17.7 Å². The number of hydrogen-bond donors (Lipinski definition) is 0. The third kappa shape index (κ3) is 5.07. The molecule has 4 rings (SSSR count). The molecule has 0 fully saturated rings. The molecule has 0 aliphatic heterocycles. The summed E-state index contributed by atoms with van der Waals surface area (Å²) in [5.74, 6) is 0.612. The first-order chi connectivity index (χ1) is 16.3. The highest BCUT2D eigenvalue weighted by Gasteiger charge is 2.32. The molecule has 0 unspecified atom stereocenters. The monoisotopic (exact) mass is 503 g/mol. The van der Waals surface area contributed by atoms with Crippen LogP contribution >= 0.6 is 11.6 Å².